The van der Waals surface area contributed by atoms with Gasteiger partial charge < -0.3 is 4.84 Å². The van der Waals surface area contributed by atoms with Crippen molar-refractivity contribution >= 4 is 23.3 Å². The predicted molar refractivity (Wildman–Crippen MR) is 116 cm³/mol. The van der Waals surface area contributed by atoms with Crippen molar-refractivity contribution in [3.05, 3.63) is 69.2 Å². The van der Waals surface area contributed by atoms with Crippen LogP contribution in [0.3, 0.4) is 0 Å². The van der Waals surface area contributed by atoms with E-state index in [1.807, 2.05) is 6.92 Å². The van der Waals surface area contributed by atoms with Crippen LogP contribution in [0.5, 0.6) is 0 Å². The lowest BCUT2D eigenvalue weighted by atomic mass is 9.79. The SMILES string of the molecule is CC(=NOC(=O)c1ccc(Cl)cc1)c1cc(C(C)(C)C)cc2c1CCC2(C)C. The fourth-order valence-electron chi connectivity index (χ4n) is 3.67. The molecule has 1 aliphatic rings. The minimum Gasteiger partial charge on any atom is -0.313 e. The third kappa shape index (κ3) is 4.15. The first-order valence-electron chi connectivity index (χ1n) is 9.69. The first-order valence-corrected chi connectivity index (χ1v) is 10.1. The van der Waals surface area contributed by atoms with Crippen LogP contribution in [0.15, 0.2) is 41.6 Å². The molecule has 0 atom stereocenters. The van der Waals surface area contributed by atoms with Gasteiger partial charge in [0.05, 0.1) is 11.3 Å². The fourth-order valence-corrected chi connectivity index (χ4v) is 3.80. The quantitative estimate of drug-likeness (QED) is 0.339. The Morgan fingerprint density at radius 3 is 2.39 bits per heavy atom. The summed E-state index contributed by atoms with van der Waals surface area (Å²) in [5.41, 5.74) is 6.38. The molecule has 2 aromatic rings. The van der Waals surface area contributed by atoms with Crippen LogP contribution in [0.25, 0.3) is 0 Å². The van der Waals surface area contributed by atoms with E-state index < -0.39 is 5.97 Å². The van der Waals surface area contributed by atoms with Gasteiger partial charge in [-0.25, -0.2) is 4.79 Å². The Morgan fingerprint density at radius 2 is 1.79 bits per heavy atom. The van der Waals surface area contributed by atoms with Gasteiger partial charge in [-0.2, -0.15) is 0 Å². The highest BCUT2D eigenvalue weighted by Gasteiger charge is 2.33. The normalized spacial score (nSPS) is 16.0. The van der Waals surface area contributed by atoms with Gasteiger partial charge in [0.2, 0.25) is 0 Å². The third-order valence-electron chi connectivity index (χ3n) is 5.58. The van der Waals surface area contributed by atoms with E-state index in [9.17, 15) is 4.79 Å². The van der Waals surface area contributed by atoms with Crippen LogP contribution in [0, 0.1) is 0 Å². The minimum atomic E-state index is -0.486. The van der Waals surface area contributed by atoms with E-state index in [1.165, 1.54) is 16.7 Å². The number of oxime groups is 1. The van der Waals surface area contributed by atoms with Crippen LogP contribution in [-0.4, -0.2) is 11.7 Å². The summed E-state index contributed by atoms with van der Waals surface area (Å²) in [5, 5.41) is 4.75. The molecule has 0 fully saturated rings. The number of halogens is 1. The summed E-state index contributed by atoms with van der Waals surface area (Å²) in [6, 6.07) is 11.1. The van der Waals surface area contributed by atoms with Crippen LogP contribution >= 0.6 is 11.6 Å². The highest BCUT2D eigenvalue weighted by molar-refractivity contribution is 6.30. The predicted octanol–water partition coefficient (Wildman–Crippen LogP) is 6.44. The maximum absolute atomic E-state index is 12.3. The van der Waals surface area contributed by atoms with Crippen molar-refractivity contribution in [3.63, 3.8) is 0 Å². The topological polar surface area (TPSA) is 38.7 Å². The number of rotatable bonds is 3. The van der Waals surface area contributed by atoms with Crippen molar-refractivity contribution in [2.45, 2.75) is 65.2 Å². The van der Waals surface area contributed by atoms with E-state index in [-0.39, 0.29) is 10.8 Å². The molecule has 0 amide bonds. The molecule has 3 nitrogen and oxygen atoms in total. The molecule has 0 spiro atoms. The molecule has 0 aromatic heterocycles. The van der Waals surface area contributed by atoms with Crippen LogP contribution in [0.1, 0.15) is 80.6 Å². The zero-order valence-corrected chi connectivity index (χ0v) is 18.3. The van der Waals surface area contributed by atoms with Crippen molar-refractivity contribution in [1.82, 2.24) is 0 Å². The van der Waals surface area contributed by atoms with Crippen molar-refractivity contribution in [2.75, 3.05) is 0 Å². The van der Waals surface area contributed by atoms with Crippen molar-refractivity contribution in [2.24, 2.45) is 5.16 Å². The molecule has 3 rings (SSSR count). The van der Waals surface area contributed by atoms with Gasteiger partial charge in [-0.15, -0.1) is 0 Å². The molecule has 0 heterocycles. The number of benzene rings is 2. The number of fused-ring (bicyclic) bond motifs is 1. The van der Waals surface area contributed by atoms with E-state index in [2.05, 4.69) is 51.9 Å². The van der Waals surface area contributed by atoms with E-state index in [0.29, 0.717) is 10.6 Å². The molecule has 0 radical (unpaired) electrons. The highest BCUT2D eigenvalue weighted by Crippen LogP contribution is 2.42. The fraction of sp³-hybridized carbons (Fsp3) is 0.417. The van der Waals surface area contributed by atoms with Crippen LogP contribution in [0.4, 0.5) is 0 Å². The standard InChI is InChI=1S/C24H28ClNO2/c1-15(26-28-22(27)16-7-9-18(25)10-8-16)20-13-17(23(2,3)4)14-21-19(20)11-12-24(21,5)6/h7-10,13-14H,11-12H2,1-6H3. The van der Waals surface area contributed by atoms with E-state index in [0.717, 1.165) is 24.1 Å². The Hall–Kier alpha value is -2.13. The van der Waals surface area contributed by atoms with Gasteiger partial charge in [0.1, 0.15) is 0 Å². The third-order valence-corrected chi connectivity index (χ3v) is 5.83. The monoisotopic (exact) mass is 397 g/mol. The van der Waals surface area contributed by atoms with Crippen LogP contribution in [0.2, 0.25) is 5.02 Å². The lowest BCUT2D eigenvalue weighted by Crippen LogP contribution is -2.18. The highest BCUT2D eigenvalue weighted by atomic mass is 35.5. The smallest absolute Gasteiger partial charge is 0.313 e. The lowest BCUT2D eigenvalue weighted by molar-refractivity contribution is 0.0516. The average molecular weight is 398 g/mol. The summed E-state index contributed by atoms with van der Waals surface area (Å²) in [6.45, 7) is 13.1. The van der Waals surface area contributed by atoms with Crippen LogP contribution < -0.4 is 0 Å². The second-order valence-electron chi connectivity index (χ2n) is 9.25. The summed E-state index contributed by atoms with van der Waals surface area (Å²) in [5.74, 6) is -0.486. The Labute approximate surface area is 172 Å². The maximum atomic E-state index is 12.3. The molecule has 0 saturated heterocycles. The molecule has 4 heteroatoms. The van der Waals surface area contributed by atoms with Crippen molar-refractivity contribution < 1.29 is 9.63 Å². The number of hydrogen-bond acceptors (Lipinski definition) is 3. The Morgan fingerprint density at radius 1 is 1.14 bits per heavy atom. The van der Waals surface area contributed by atoms with Gasteiger partial charge in [-0.3, -0.25) is 0 Å². The van der Waals surface area contributed by atoms with Gasteiger partial charge >= 0.3 is 5.97 Å². The van der Waals surface area contributed by atoms with Crippen molar-refractivity contribution in [1.29, 1.82) is 0 Å². The average Bonchev–Trinajstić information content (AvgIpc) is 2.93. The Kier molecular flexibility index (Phi) is 5.42. The summed E-state index contributed by atoms with van der Waals surface area (Å²) in [4.78, 5) is 17.5. The summed E-state index contributed by atoms with van der Waals surface area (Å²) in [6.07, 6.45) is 2.13. The Balaban J connectivity index is 1.96. The largest absolute Gasteiger partial charge is 0.365 e. The molecule has 0 unspecified atom stereocenters. The van der Waals surface area contributed by atoms with Gasteiger partial charge in [-0.05, 0) is 77.6 Å². The first-order chi connectivity index (χ1) is 13.0. The molecule has 1 aliphatic carbocycles. The number of carbonyl (C=O) groups is 1. The van der Waals surface area contributed by atoms with E-state index in [4.69, 9.17) is 16.4 Å². The molecule has 0 N–H and O–H groups in total. The summed E-state index contributed by atoms with van der Waals surface area (Å²) >= 11 is 5.87. The summed E-state index contributed by atoms with van der Waals surface area (Å²) in [7, 11) is 0. The maximum Gasteiger partial charge on any atom is 0.365 e. The van der Waals surface area contributed by atoms with Gasteiger partial charge in [0, 0.05) is 10.6 Å². The lowest BCUT2D eigenvalue weighted by Gasteiger charge is -2.26. The molecule has 0 saturated carbocycles. The van der Waals surface area contributed by atoms with Crippen molar-refractivity contribution in [3.8, 4) is 0 Å². The molecular weight excluding hydrogens is 370 g/mol. The summed E-state index contributed by atoms with van der Waals surface area (Å²) < 4.78 is 0. The van der Waals surface area contributed by atoms with Gasteiger partial charge in [-0.1, -0.05) is 57.4 Å². The zero-order valence-electron chi connectivity index (χ0n) is 17.5. The molecule has 28 heavy (non-hydrogen) atoms. The molecule has 148 valence electrons. The van der Waals surface area contributed by atoms with E-state index >= 15 is 0 Å². The minimum absolute atomic E-state index is 0.0305. The zero-order chi connectivity index (χ0) is 20.7. The second-order valence-corrected chi connectivity index (χ2v) is 9.68. The van der Waals surface area contributed by atoms with Gasteiger partial charge in [0.25, 0.3) is 0 Å². The van der Waals surface area contributed by atoms with E-state index in [1.54, 1.807) is 24.3 Å². The number of carbonyl (C=O) groups excluding carboxylic acids is 1. The Bertz CT molecular complexity index is 934. The molecule has 2 aromatic carbocycles. The first kappa shape index (κ1) is 20.6. The van der Waals surface area contributed by atoms with Crippen LogP contribution in [-0.2, 0) is 22.1 Å². The molecular formula is C24H28ClNO2. The molecule has 0 bridgehead atoms. The second kappa shape index (κ2) is 7.36. The van der Waals surface area contributed by atoms with Gasteiger partial charge in [0.15, 0.2) is 0 Å². The molecule has 0 aliphatic heterocycles. The number of hydrogen-bond donors (Lipinski definition) is 0. The number of nitrogens with zero attached hydrogens (tertiary/aromatic N) is 1.